The molecule has 0 bridgehead atoms. The number of halogens is 2. The first-order valence-electron chi connectivity index (χ1n) is 11.8. The van der Waals surface area contributed by atoms with E-state index in [1.54, 1.807) is 0 Å². The van der Waals surface area contributed by atoms with Crippen molar-refractivity contribution in [1.82, 2.24) is 0 Å². The zero-order valence-electron chi connectivity index (χ0n) is 18.7. The molecule has 0 spiro atoms. The fraction of sp³-hybridized carbons (Fsp3) is 0.654. The van der Waals surface area contributed by atoms with Crippen LogP contribution in [0.15, 0.2) is 24.8 Å². The molecular formula is C26H38F2O2. The Morgan fingerprint density at radius 1 is 1.10 bits per heavy atom. The lowest BCUT2D eigenvalue weighted by Gasteiger charge is -2.34. The second-order valence-electron chi connectivity index (χ2n) is 8.88. The maximum Gasteiger partial charge on any atom is 0.335 e. The third-order valence-corrected chi connectivity index (χ3v) is 6.66. The van der Waals surface area contributed by atoms with Gasteiger partial charge in [-0.2, -0.15) is 0 Å². The molecule has 1 fully saturated rings. The SMILES string of the molecule is C=CC(=O)Oc1c(F)cc(CCC(CCC)C2CCC(CCCCC)CC2)cc1F. The van der Waals surface area contributed by atoms with Crippen LogP contribution in [0.25, 0.3) is 0 Å². The molecule has 1 unspecified atom stereocenters. The van der Waals surface area contributed by atoms with Crippen LogP contribution in [0.2, 0.25) is 0 Å². The number of hydrogen-bond donors (Lipinski definition) is 0. The number of hydrogen-bond acceptors (Lipinski definition) is 2. The molecule has 1 aliphatic rings. The minimum atomic E-state index is -0.867. The minimum Gasteiger partial charge on any atom is -0.417 e. The van der Waals surface area contributed by atoms with Crippen LogP contribution >= 0.6 is 0 Å². The van der Waals surface area contributed by atoms with E-state index >= 15 is 0 Å². The Labute approximate surface area is 181 Å². The highest BCUT2D eigenvalue weighted by atomic mass is 19.1. The van der Waals surface area contributed by atoms with Crippen molar-refractivity contribution in [2.75, 3.05) is 0 Å². The second-order valence-corrected chi connectivity index (χ2v) is 8.88. The highest BCUT2D eigenvalue weighted by Crippen LogP contribution is 2.39. The van der Waals surface area contributed by atoms with Gasteiger partial charge in [0.15, 0.2) is 11.6 Å². The standard InChI is InChI=1S/C26H38F2O2/c1-4-7-8-10-19-11-14-22(15-12-19)21(9-5-2)16-13-20-17-23(27)26(24(28)18-20)30-25(29)6-3/h6,17-19,21-22H,3-5,7-16H2,1-2H3. The normalized spacial score (nSPS) is 20.0. The van der Waals surface area contributed by atoms with E-state index in [4.69, 9.17) is 0 Å². The Morgan fingerprint density at radius 2 is 1.77 bits per heavy atom. The van der Waals surface area contributed by atoms with Crippen molar-refractivity contribution in [3.05, 3.63) is 42.0 Å². The number of esters is 1. The molecular weight excluding hydrogens is 382 g/mol. The number of unbranched alkanes of at least 4 members (excludes halogenated alkanes) is 2. The van der Waals surface area contributed by atoms with Crippen LogP contribution in [-0.2, 0) is 11.2 Å². The van der Waals surface area contributed by atoms with E-state index in [1.165, 1.54) is 69.9 Å². The summed E-state index contributed by atoms with van der Waals surface area (Å²) in [5.74, 6) is -0.946. The molecule has 0 aromatic heterocycles. The van der Waals surface area contributed by atoms with Crippen molar-refractivity contribution in [1.29, 1.82) is 0 Å². The number of carbonyl (C=O) groups is 1. The van der Waals surface area contributed by atoms with Crippen LogP contribution in [0.3, 0.4) is 0 Å². The predicted molar refractivity (Wildman–Crippen MR) is 118 cm³/mol. The van der Waals surface area contributed by atoms with Gasteiger partial charge in [0.2, 0.25) is 5.75 Å². The summed E-state index contributed by atoms with van der Waals surface area (Å²) in [7, 11) is 0. The highest BCUT2D eigenvalue weighted by molar-refractivity contribution is 5.83. The topological polar surface area (TPSA) is 26.3 Å². The van der Waals surface area contributed by atoms with Crippen molar-refractivity contribution < 1.29 is 18.3 Å². The summed E-state index contributed by atoms with van der Waals surface area (Å²) < 4.78 is 33.2. The van der Waals surface area contributed by atoms with E-state index in [9.17, 15) is 13.6 Å². The minimum absolute atomic E-state index is 0.607. The largest absolute Gasteiger partial charge is 0.417 e. The molecule has 1 atom stereocenters. The maximum atomic E-state index is 14.3. The van der Waals surface area contributed by atoms with Gasteiger partial charge in [0.05, 0.1) is 0 Å². The lowest BCUT2D eigenvalue weighted by Crippen LogP contribution is -2.22. The van der Waals surface area contributed by atoms with Crippen LogP contribution in [0.4, 0.5) is 8.78 Å². The fourth-order valence-corrected chi connectivity index (χ4v) is 4.97. The van der Waals surface area contributed by atoms with Gasteiger partial charge in [0.25, 0.3) is 0 Å². The number of aryl methyl sites for hydroxylation is 1. The van der Waals surface area contributed by atoms with E-state index in [0.717, 1.165) is 30.8 Å². The fourth-order valence-electron chi connectivity index (χ4n) is 4.97. The van der Waals surface area contributed by atoms with Crippen molar-refractivity contribution >= 4 is 5.97 Å². The molecule has 0 N–H and O–H groups in total. The first-order chi connectivity index (χ1) is 14.5. The summed E-state index contributed by atoms with van der Waals surface area (Å²) >= 11 is 0. The van der Waals surface area contributed by atoms with Gasteiger partial charge in [-0.25, -0.2) is 13.6 Å². The van der Waals surface area contributed by atoms with Gasteiger partial charge in [-0.1, -0.05) is 71.8 Å². The van der Waals surface area contributed by atoms with E-state index in [-0.39, 0.29) is 0 Å². The van der Waals surface area contributed by atoms with Crippen LogP contribution in [0.5, 0.6) is 5.75 Å². The number of carbonyl (C=O) groups excluding carboxylic acids is 1. The maximum absolute atomic E-state index is 14.3. The number of benzene rings is 1. The Bertz CT molecular complexity index is 655. The lowest BCUT2D eigenvalue weighted by molar-refractivity contribution is -0.129. The summed E-state index contributed by atoms with van der Waals surface area (Å²) in [6.07, 6.45) is 15.4. The number of rotatable bonds is 12. The molecule has 1 saturated carbocycles. The summed E-state index contributed by atoms with van der Waals surface area (Å²) in [6.45, 7) is 7.72. The van der Waals surface area contributed by atoms with Crippen molar-refractivity contribution in [2.24, 2.45) is 17.8 Å². The van der Waals surface area contributed by atoms with Crippen LogP contribution < -0.4 is 4.74 Å². The third-order valence-electron chi connectivity index (χ3n) is 6.66. The molecule has 0 amide bonds. The van der Waals surface area contributed by atoms with Gasteiger partial charge >= 0.3 is 5.97 Å². The smallest absolute Gasteiger partial charge is 0.335 e. The second kappa shape index (κ2) is 12.9. The molecule has 4 heteroatoms. The van der Waals surface area contributed by atoms with E-state index in [0.29, 0.717) is 17.9 Å². The zero-order chi connectivity index (χ0) is 21.9. The Balaban J connectivity index is 1.92. The molecule has 1 aliphatic carbocycles. The molecule has 30 heavy (non-hydrogen) atoms. The summed E-state index contributed by atoms with van der Waals surface area (Å²) in [5, 5.41) is 0. The molecule has 2 rings (SSSR count). The molecule has 2 nitrogen and oxygen atoms in total. The molecule has 0 heterocycles. The summed E-state index contributed by atoms with van der Waals surface area (Å²) in [5.41, 5.74) is 0.623. The monoisotopic (exact) mass is 420 g/mol. The highest BCUT2D eigenvalue weighted by Gasteiger charge is 2.27. The van der Waals surface area contributed by atoms with E-state index in [2.05, 4.69) is 25.2 Å². The molecule has 168 valence electrons. The van der Waals surface area contributed by atoms with Crippen LogP contribution in [0.1, 0.15) is 90.0 Å². The zero-order valence-corrected chi connectivity index (χ0v) is 18.7. The van der Waals surface area contributed by atoms with Gasteiger partial charge in [-0.15, -0.1) is 0 Å². The average molecular weight is 421 g/mol. The first-order valence-corrected chi connectivity index (χ1v) is 11.8. The number of ether oxygens (including phenoxy) is 1. The predicted octanol–water partition coefficient (Wildman–Crippen LogP) is 7.79. The van der Waals surface area contributed by atoms with Crippen LogP contribution in [-0.4, -0.2) is 5.97 Å². The van der Waals surface area contributed by atoms with Gasteiger partial charge in [0.1, 0.15) is 0 Å². The molecule has 0 saturated heterocycles. The Hall–Kier alpha value is -1.71. The third kappa shape index (κ3) is 7.52. The molecule has 1 aromatic carbocycles. The van der Waals surface area contributed by atoms with E-state index < -0.39 is 23.4 Å². The van der Waals surface area contributed by atoms with Crippen molar-refractivity contribution in [2.45, 2.75) is 90.9 Å². The summed E-state index contributed by atoms with van der Waals surface area (Å²) in [4.78, 5) is 11.3. The summed E-state index contributed by atoms with van der Waals surface area (Å²) in [6, 6.07) is 2.59. The van der Waals surface area contributed by atoms with Gasteiger partial charge in [-0.3, -0.25) is 0 Å². The Morgan fingerprint density at radius 3 is 2.33 bits per heavy atom. The average Bonchev–Trinajstić information content (AvgIpc) is 2.74. The first kappa shape index (κ1) is 24.6. The van der Waals surface area contributed by atoms with Gasteiger partial charge in [-0.05, 0) is 61.1 Å². The molecule has 1 aromatic rings. The Kier molecular flexibility index (Phi) is 10.5. The van der Waals surface area contributed by atoms with Gasteiger partial charge in [0, 0.05) is 6.08 Å². The lowest BCUT2D eigenvalue weighted by atomic mass is 9.72. The van der Waals surface area contributed by atoms with Crippen molar-refractivity contribution in [3.8, 4) is 5.75 Å². The van der Waals surface area contributed by atoms with E-state index in [1.807, 2.05) is 0 Å². The molecule has 0 radical (unpaired) electrons. The van der Waals surface area contributed by atoms with Crippen molar-refractivity contribution in [3.63, 3.8) is 0 Å². The quantitative estimate of drug-likeness (QED) is 0.149. The van der Waals surface area contributed by atoms with Gasteiger partial charge < -0.3 is 4.74 Å². The molecule has 0 aliphatic heterocycles. The van der Waals surface area contributed by atoms with Crippen LogP contribution in [0, 0.1) is 29.4 Å².